The molecule has 0 heterocycles. The fourth-order valence-corrected chi connectivity index (χ4v) is 3.93. The Morgan fingerprint density at radius 2 is 1.57 bits per heavy atom. The zero-order valence-corrected chi connectivity index (χ0v) is 16.1. The van der Waals surface area contributed by atoms with Crippen molar-refractivity contribution >= 4 is 27.4 Å². The van der Waals surface area contributed by atoms with Gasteiger partial charge in [0, 0.05) is 19.3 Å². The predicted molar refractivity (Wildman–Crippen MR) is 109 cm³/mol. The molecule has 0 fully saturated rings. The largest absolute Gasteiger partial charge is 0.478 e. The first-order chi connectivity index (χ1) is 13.4. The molecule has 0 bridgehead atoms. The van der Waals surface area contributed by atoms with Crippen LogP contribution in [0, 0.1) is 0 Å². The van der Waals surface area contributed by atoms with Crippen LogP contribution in [0.4, 0.5) is 11.4 Å². The molecule has 3 aromatic carbocycles. The van der Waals surface area contributed by atoms with E-state index in [0.29, 0.717) is 12.2 Å². The minimum absolute atomic E-state index is 0.0201. The van der Waals surface area contributed by atoms with Crippen LogP contribution in [-0.2, 0) is 16.6 Å². The van der Waals surface area contributed by atoms with Crippen LogP contribution in [0.15, 0.2) is 83.8 Å². The number of carboxylic acid groups (broad SMARTS) is 1. The molecule has 0 unspecified atom stereocenters. The number of benzene rings is 3. The van der Waals surface area contributed by atoms with E-state index in [1.54, 1.807) is 37.4 Å². The molecule has 0 amide bonds. The van der Waals surface area contributed by atoms with E-state index in [1.807, 2.05) is 35.2 Å². The quantitative estimate of drug-likeness (QED) is 0.634. The number of hydrogen-bond donors (Lipinski definition) is 2. The third kappa shape index (κ3) is 4.50. The van der Waals surface area contributed by atoms with Crippen LogP contribution in [0.5, 0.6) is 0 Å². The number of rotatable bonds is 7. The fourth-order valence-electron chi connectivity index (χ4n) is 2.86. The van der Waals surface area contributed by atoms with Crippen molar-refractivity contribution in [2.24, 2.45) is 0 Å². The summed E-state index contributed by atoms with van der Waals surface area (Å²) in [6.07, 6.45) is 0. The first-order valence-electron chi connectivity index (χ1n) is 8.57. The summed E-state index contributed by atoms with van der Waals surface area (Å²) in [7, 11) is -2.00. The monoisotopic (exact) mass is 396 g/mol. The standard InChI is InChI=1S/C21H20N2O4S/c1-23(15-16-8-4-2-5-9-16)20-13-12-17(14-19(20)21(24)25)22-28(26,27)18-10-6-3-7-11-18/h2-14,22H,15H2,1H3,(H,24,25). The van der Waals surface area contributed by atoms with Gasteiger partial charge in [0.1, 0.15) is 0 Å². The molecule has 2 N–H and O–H groups in total. The van der Waals surface area contributed by atoms with E-state index in [9.17, 15) is 18.3 Å². The number of anilines is 2. The molecule has 6 nitrogen and oxygen atoms in total. The van der Waals surface area contributed by atoms with Gasteiger partial charge < -0.3 is 10.0 Å². The molecule has 0 aliphatic carbocycles. The Labute approximate surface area is 164 Å². The highest BCUT2D eigenvalue weighted by Gasteiger charge is 2.18. The lowest BCUT2D eigenvalue weighted by atomic mass is 10.1. The average Bonchev–Trinajstić information content (AvgIpc) is 2.69. The molecule has 0 aliphatic heterocycles. The third-order valence-corrected chi connectivity index (χ3v) is 5.60. The van der Waals surface area contributed by atoms with E-state index in [1.165, 1.54) is 18.2 Å². The number of nitrogens with zero attached hydrogens (tertiary/aromatic N) is 1. The molecule has 0 radical (unpaired) electrons. The molecule has 0 aromatic heterocycles. The summed E-state index contributed by atoms with van der Waals surface area (Å²) in [6.45, 7) is 0.524. The van der Waals surface area contributed by atoms with Gasteiger partial charge in [-0.1, -0.05) is 48.5 Å². The van der Waals surface area contributed by atoms with Crippen molar-refractivity contribution in [3.8, 4) is 0 Å². The van der Waals surface area contributed by atoms with Gasteiger partial charge in [0.2, 0.25) is 0 Å². The van der Waals surface area contributed by atoms with Gasteiger partial charge in [0.15, 0.2) is 0 Å². The lowest BCUT2D eigenvalue weighted by Gasteiger charge is -2.22. The summed E-state index contributed by atoms with van der Waals surface area (Å²) in [5.74, 6) is -1.13. The van der Waals surface area contributed by atoms with Gasteiger partial charge in [-0.3, -0.25) is 4.72 Å². The Balaban J connectivity index is 1.88. The van der Waals surface area contributed by atoms with Gasteiger partial charge in [-0.25, -0.2) is 13.2 Å². The van der Waals surface area contributed by atoms with Gasteiger partial charge in [0.05, 0.1) is 16.1 Å². The Kier molecular flexibility index (Phi) is 5.65. The molecule has 3 aromatic rings. The van der Waals surface area contributed by atoms with E-state index in [2.05, 4.69) is 4.72 Å². The molecule has 0 spiro atoms. The van der Waals surface area contributed by atoms with Gasteiger partial charge in [-0.05, 0) is 35.9 Å². The topological polar surface area (TPSA) is 86.7 Å². The van der Waals surface area contributed by atoms with Crippen LogP contribution in [0.25, 0.3) is 0 Å². The molecule has 144 valence electrons. The number of aromatic carboxylic acids is 1. The van der Waals surface area contributed by atoms with E-state index in [4.69, 9.17) is 0 Å². The maximum absolute atomic E-state index is 12.5. The maximum Gasteiger partial charge on any atom is 0.337 e. The van der Waals surface area contributed by atoms with E-state index in [0.717, 1.165) is 5.56 Å². The van der Waals surface area contributed by atoms with Crippen molar-refractivity contribution in [3.05, 3.63) is 90.0 Å². The molecule has 28 heavy (non-hydrogen) atoms. The molecule has 0 saturated heterocycles. The third-order valence-electron chi connectivity index (χ3n) is 4.21. The molecule has 3 rings (SSSR count). The molecular formula is C21H20N2O4S. The number of carbonyl (C=O) groups is 1. The maximum atomic E-state index is 12.5. The number of carboxylic acids is 1. The molecular weight excluding hydrogens is 376 g/mol. The minimum Gasteiger partial charge on any atom is -0.478 e. The van der Waals surface area contributed by atoms with Gasteiger partial charge in [-0.15, -0.1) is 0 Å². The van der Waals surface area contributed by atoms with Gasteiger partial charge >= 0.3 is 5.97 Å². The summed E-state index contributed by atoms with van der Waals surface area (Å²) in [4.78, 5) is 13.7. The SMILES string of the molecule is CN(Cc1ccccc1)c1ccc(NS(=O)(=O)c2ccccc2)cc1C(=O)O. The van der Waals surface area contributed by atoms with Gasteiger partial charge in [0.25, 0.3) is 10.0 Å². The first kappa shape index (κ1) is 19.4. The normalized spacial score (nSPS) is 11.0. The highest BCUT2D eigenvalue weighted by atomic mass is 32.2. The Bertz CT molecular complexity index is 1070. The number of hydrogen-bond acceptors (Lipinski definition) is 4. The van der Waals surface area contributed by atoms with Crippen molar-refractivity contribution in [2.45, 2.75) is 11.4 Å². The second-order valence-electron chi connectivity index (χ2n) is 6.30. The van der Waals surface area contributed by atoms with Crippen LogP contribution in [0.3, 0.4) is 0 Å². The summed E-state index contributed by atoms with van der Waals surface area (Å²) in [5.41, 5.74) is 1.75. The van der Waals surface area contributed by atoms with E-state index >= 15 is 0 Å². The smallest absolute Gasteiger partial charge is 0.337 e. The zero-order valence-electron chi connectivity index (χ0n) is 15.2. The van der Waals surface area contributed by atoms with Crippen molar-refractivity contribution in [1.82, 2.24) is 0 Å². The van der Waals surface area contributed by atoms with Crippen molar-refractivity contribution < 1.29 is 18.3 Å². The summed E-state index contributed by atoms with van der Waals surface area (Å²) in [6, 6.07) is 22.1. The van der Waals surface area contributed by atoms with E-state index in [-0.39, 0.29) is 16.1 Å². The Hall–Kier alpha value is -3.32. The molecule has 7 heteroatoms. The summed E-state index contributed by atoms with van der Waals surface area (Å²) < 4.78 is 27.4. The molecule has 0 atom stereocenters. The van der Waals surface area contributed by atoms with Crippen LogP contribution in [0.1, 0.15) is 15.9 Å². The molecule has 0 saturated carbocycles. The molecule has 0 aliphatic rings. The van der Waals surface area contributed by atoms with Crippen molar-refractivity contribution in [3.63, 3.8) is 0 Å². The Morgan fingerprint density at radius 1 is 0.964 bits per heavy atom. The van der Waals surface area contributed by atoms with Crippen LogP contribution in [-0.4, -0.2) is 26.5 Å². The average molecular weight is 396 g/mol. The second-order valence-corrected chi connectivity index (χ2v) is 7.98. The minimum atomic E-state index is -3.79. The van der Waals surface area contributed by atoms with Crippen LogP contribution < -0.4 is 9.62 Å². The predicted octanol–water partition coefficient (Wildman–Crippen LogP) is 3.82. The van der Waals surface area contributed by atoms with Crippen LogP contribution in [0.2, 0.25) is 0 Å². The second kappa shape index (κ2) is 8.14. The van der Waals surface area contributed by atoms with Crippen molar-refractivity contribution in [2.75, 3.05) is 16.7 Å². The zero-order chi connectivity index (χ0) is 20.1. The van der Waals surface area contributed by atoms with Crippen LogP contribution >= 0.6 is 0 Å². The number of nitrogens with one attached hydrogen (secondary N) is 1. The highest BCUT2D eigenvalue weighted by molar-refractivity contribution is 7.92. The van der Waals surface area contributed by atoms with E-state index < -0.39 is 16.0 Å². The number of sulfonamides is 1. The Morgan fingerprint density at radius 3 is 2.18 bits per heavy atom. The lowest BCUT2D eigenvalue weighted by molar-refractivity contribution is 0.0697. The first-order valence-corrected chi connectivity index (χ1v) is 10.1. The van der Waals surface area contributed by atoms with Gasteiger partial charge in [-0.2, -0.15) is 0 Å². The fraction of sp³-hybridized carbons (Fsp3) is 0.0952. The summed E-state index contributed by atoms with van der Waals surface area (Å²) in [5, 5.41) is 9.62. The summed E-state index contributed by atoms with van der Waals surface area (Å²) >= 11 is 0. The highest BCUT2D eigenvalue weighted by Crippen LogP contribution is 2.26. The lowest BCUT2D eigenvalue weighted by Crippen LogP contribution is -2.20. The van der Waals surface area contributed by atoms with Crippen molar-refractivity contribution in [1.29, 1.82) is 0 Å².